The van der Waals surface area contributed by atoms with Crippen LogP contribution in [0.1, 0.15) is 30.0 Å². The second-order valence-electron chi connectivity index (χ2n) is 4.55. The van der Waals surface area contributed by atoms with Crippen LogP contribution in [0.25, 0.3) is 0 Å². The van der Waals surface area contributed by atoms with E-state index in [-0.39, 0.29) is 11.8 Å². The summed E-state index contributed by atoms with van der Waals surface area (Å²) in [7, 11) is 0. The molecule has 2 heterocycles. The number of hydrogen-bond acceptors (Lipinski definition) is 6. The summed E-state index contributed by atoms with van der Waals surface area (Å²) in [5.74, 6) is -0.437. The second kappa shape index (κ2) is 6.13. The van der Waals surface area contributed by atoms with Gasteiger partial charge in [0.1, 0.15) is 5.76 Å². The minimum atomic E-state index is -0.963. The van der Waals surface area contributed by atoms with Crippen molar-refractivity contribution in [3.05, 3.63) is 39.6 Å². The number of rotatable bonds is 5. The van der Waals surface area contributed by atoms with Crippen LogP contribution in [0, 0.1) is 13.8 Å². The smallest absolute Gasteiger partial charge is 0.313 e. The van der Waals surface area contributed by atoms with E-state index in [0.29, 0.717) is 10.9 Å². The molecular formula is C13H15N3O4S. The number of thioether (sulfide) groups is 1. The van der Waals surface area contributed by atoms with E-state index >= 15 is 0 Å². The lowest BCUT2D eigenvalue weighted by Gasteiger charge is -2.18. The molecule has 0 saturated heterocycles. The van der Waals surface area contributed by atoms with Crippen LogP contribution in [-0.2, 0) is 4.79 Å². The van der Waals surface area contributed by atoms with E-state index in [2.05, 4.69) is 10.1 Å². The van der Waals surface area contributed by atoms with E-state index in [1.807, 2.05) is 20.8 Å². The Hall–Kier alpha value is -2.09. The largest absolute Gasteiger partial charge is 0.481 e. The summed E-state index contributed by atoms with van der Waals surface area (Å²) in [6, 6.07) is 1.18. The molecule has 0 aliphatic carbocycles. The zero-order valence-corrected chi connectivity index (χ0v) is 12.7. The predicted molar refractivity (Wildman–Crippen MR) is 76.6 cm³/mol. The molecule has 2 aromatic rings. The number of carbonyl (C=O) groups is 1. The third-order valence-electron chi connectivity index (χ3n) is 3.05. The van der Waals surface area contributed by atoms with Gasteiger partial charge in [-0.1, -0.05) is 16.9 Å². The first-order valence-corrected chi connectivity index (χ1v) is 7.25. The van der Waals surface area contributed by atoms with Crippen LogP contribution in [0.4, 0.5) is 0 Å². The zero-order valence-electron chi connectivity index (χ0n) is 11.9. The average molecular weight is 309 g/mol. The summed E-state index contributed by atoms with van der Waals surface area (Å²) in [5.41, 5.74) is 1.26. The Morgan fingerprint density at radius 3 is 2.81 bits per heavy atom. The number of carboxylic acids is 1. The summed E-state index contributed by atoms with van der Waals surface area (Å²) < 4.78 is 6.90. The maximum atomic E-state index is 11.4. The molecule has 2 aromatic heterocycles. The fourth-order valence-electron chi connectivity index (χ4n) is 2.15. The Labute approximate surface area is 125 Å². The van der Waals surface area contributed by atoms with Gasteiger partial charge in [-0.15, -0.1) is 0 Å². The van der Waals surface area contributed by atoms with E-state index in [1.165, 1.54) is 6.07 Å². The first-order chi connectivity index (χ1) is 9.90. The first kappa shape index (κ1) is 15.3. The molecule has 0 aliphatic rings. The van der Waals surface area contributed by atoms with Crippen LogP contribution in [0.15, 0.2) is 26.7 Å². The van der Waals surface area contributed by atoms with Gasteiger partial charge in [-0.05, 0) is 20.8 Å². The van der Waals surface area contributed by atoms with E-state index < -0.39 is 11.5 Å². The number of hydrogen-bond donors (Lipinski definition) is 1. The summed E-state index contributed by atoms with van der Waals surface area (Å²) in [4.78, 5) is 26.0. The topological polar surface area (TPSA) is 98.2 Å². The monoisotopic (exact) mass is 309 g/mol. The lowest BCUT2D eigenvalue weighted by atomic mass is 10.1. The maximum Gasteiger partial charge on any atom is 0.313 e. The van der Waals surface area contributed by atoms with Crippen molar-refractivity contribution in [2.24, 2.45) is 0 Å². The summed E-state index contributed by atoms with van der Waals surface area (Å²) >= 11 is 1.01. The van der Waals surface area contributed by atoms with Gasteiger partial charge in [0, 0.05) is 17.8 Å². The van der Waals surface area contributed by atoms with Crippen molar-refractivity contribution in [1.82, 2.24) is 14.7 Å². The lowest BCUT2D eigenvalue weighted by molar-refractivity contribution is -0.133. The van der Waals surface area contributed by atoms with Gasteiger partial charge in [0.25, 0.3) is 5.56 Å². The highest BCUT2D eigenvalue weighted by Crippen LogP contribution is 2.27. The molecular weight excluding hydrogens is 294 g/mol. The first-order valence-electron chi connectivity index (χ1n) is 6.26. The molecule has 0 saturated carbocycles. The second-order valence-corrected chi connectivity index (χ2v) is 5.49. The highest BCUT2D eigenvalue weighted by Gasteiger charge is 2.20. The van der Waals surface area contributed by atoms with E-state index in [9.17, 15) is 9.59 Å². The Kier molecular flexibility index (Phi) is 4.46. The van der Waals surface area contributed by atoms with Crippen LogP contribution >= 0.6 is 11.8 Å². The number of aromatic nitrogens is 3. The molecule has 21 heavy (non-hydrogen) atoms. The molecule has 0 radical (unpaired) electrons. The fraction of sp³-hybridized carbons (Fsp3) is 0.385. The van der Waals surface area contributed by atoms with Gasteiger partial charge in [0.2, 0.25) is 0 Å². The van der Waals surface area contributed by atoms with Crippen LogP contribution in [0.5, 0.6) is 0 Å². The molecule has 112 valence electrons. The quantitative estimate of drug-likeness (QED) is 0.662. The van der Waals surface area contributed by atoms with Crippen molar-refractivity contribution in [3.63, 3.8) is 0 Å². The number of aryl methyl sites for hydroxylation is 2. The van der Waals surface area contributed by atoms with Crippen LogP contribution < -0.4 is 5.56 Å². The SMILES string of the molecule is Cc1noc(C)c1C(C)n1ccc(=O)nc1SCC(=O)O. The lowest BCUT2D eigenvalue weighted by Crippen LogP contribution is -2.18. The summed E-state index contributed by atoms with van der Waals surface area (Å²) in [6.07, 6.45) is 1.61. The summed E-state index contributed by atoms with van der Waals surface area (Å²) in [6.45, 7) is 5.57. The average Bonchev–Trinajstić information content (AvgIpc) is 2.75. The minimum Gasteiger partial charge on any atom is -0.481 e. The van der Waals surface area contributed by atoms with Crippen molar-refractivity contribution in [3.8, 4) is 0 Å². The molecule has 1 N–H and O–H groups in total. The molecule has 8 heteroatoms. The Balaban J connectivity index is 2.43. The van der Waals surface area contributed by atoms with Crippen molar-refractivity contribution in [2.45, 2.75) is 32.0 Å². The molecule has 1 atom stereocenters. The molecule has 7 nitrogen and oxygen atoms in total. The number of carboxylic acid groups (broad SMARTS) is 1. The third kappa shape index (κ3) is 3.33. The van der Waals surface area contributed by atoms with Gasteiger partial charge in [0.15, 0.2) is 5.16 Å². The maximum absolute atomic E-state index is 11.4. The Morgan fingerprint density at radius 2 is 2.24 bits per heavy atom. The van der Waals surface area contributed by atoms with Crippen molar-refractivity contribution >= 4 is 17.7 Å². The minimum absolute atomic E-state index is 0.162. The highest BCUT2D eigenvalue weighted by atomic mass is 32.2. The van der Waals surface area contributed by atoms with Crippen molar-refractivity contribution in [2.75, 3.05) is 5.75 Å². The van der Waals surface area contributed by atoms with E-state index in [4.69, 9.17) is 9.63 Å². The van der Waals surface area contributed by atoms with Gasteiger partial charge < -0.3 is 14.2 Å². The third-order valence-corrected chi connectivity index (χ3v) is 4.00. The van der Waals surface area contributed by atoms with Crippen LogP contribution in [0.2, 0.25) is 0 Å². The van der Waals surface area contributed by atoms with Crippen molar-refractivity contribution in [1.29, 1.82) is 0 Å². The Morgan fingerprint density at radius 1 is 1.52 bits per heavy atom. The fourth-order valence-corrected chi connectivity index (χ4v) is 2.93. The predicted octanol–water partition coefficient (Wildman–Crippen LogP) is 1.63. The van der Waals surface area contributed by atoms with Gasteiger partial charge in [-0.25, -0.2) is 0 Å². The zero-order chi connectivity index (χ0) is 15.6. The molecule has 0 aromatic carbocycles. The molecule has 0 spiro atoms. The standard InChI is InChI=1S/C13H15N3O4S/c1-7-12(9(3)20-15-7)8(2)16-5-4-10(17)14-13(16)21-6-11(18)19/h4-5,8H,6H2,1-3H3,(H,18,19). The molecule has 0 fully saturated rings. The van der Waals surface area contributed by atoms with Crippen molar-refractivity contribution < 1.29 is 14.4 Å². The van der Waals surface area contributed by atoms with Gasteiger partial charge in [-0.3, -0.25) is 9.59 Å². The van der Waals surface area contributed by atoms with E-state index in [0.717, 1.165) is 23.0 Å². The molecule has 2 rings (SSSR count). The van der Waals surface area contributed by atoms with Gasteiger partial charge in [-0.2, -0.15) is 4.98 Å². The van der Waals surface area contributed by atoms with Gasteiger partial charge >= 0.3 is 5.97 Å². The normalized spacial score (nSPS) is 12.3. The molecule has 0 bridgehead atoms. The van der Waals surface area contributed by atoms with Crippen LogP contribution in [0.3, 0.4) is 0 Å². The summed E-state index contributed by atoms with van der Waals surface area (Å²) in [5, 5.41) is 13.1. The Bertz CT molecular complexity index is 703. The van der Waals surface area contributed by atoms with E-state index in [1.54, 1.807) is 10.8 Å². The number of nitrogens with zero attached hydrogens (tertiary/aromatic N) is 3. The molecule has 0 aliphatic heterocycles. The van der Waals surface area contributed by atoms with Crippen LogP contribution in [-0.4, -0.2) is 31.5 Å². The highest BCUT2D eigenvalue weighted by molar-refractivity contribution is 7.99. The molecule has 0 amide bonds. The molecule has 1 unspecified atom stereocenters. The number of aliphatic carboxylic acids is 1. The van der Waals surface area contributed by atoms with Gasteiger partial charge in [0.05, 0.1) is 17.5 Å².